The van der Waals surface area contributed by atoms with Gasteiger partial charge in [-0.1, -0.05) is 25.4 Å². The summed E-state index contributed by atoms with van der Waals surface area (Å²) in [7, 11) is 0. The number of halogens is 1. The van der Waals surface area contributed by atoms with Gasteiger partial charge in [-0.15, -0.1) is 0 Å². The normalized spacial score (nSPS) is 18.2. The fourth-order valence-electron chi connectivity index (χ4n) is 2.10. The first kappa shape index (κ1) is 14.9. The van der Waals surface area contributed by atoms with E-state index in [1.54, 1.807) is 26.0 Å². The average molecular weight is 301 g/mol. The Balaban J connectivity index is 2.28. The summed E-state index contributed by atoms with van der Waals surface area (Å²) in [6, 6.07) is 3.24. The number of aliphatic hydroxyl groups excluding tert-OH is 1. The lowest BCUT2D eigenvalue weighted by Gasteiger charge is -2.25. The SMILES string of the molecule is CC(C(=O)O)C(C)C(O)c1cc(Cl)c2c(c1)OCCO2. The monoisotopic (exact) mass is 300 g/mol. The van der Waals surface area contributed by atoms with Crippen molar-refractivity contribution in [3.05, 3.63) is 22.7 Å². The Bertz CT molecular complexity index is 517. The van der Waals surface area contributed by atoms with Crippen LogP contribution in [0.1, 0.15) is 25.5 Å². The van der Waals surface area contributed by atoms with Gasteiger partial charge >= 0.3 is 5.97 Å². The molecule has 0 amide bonds. The van der Waals surface area contributed by atoms with Gasteiger partial charge in [0.15, 0.2) is 11.5 Å². The zero-order valence-corrected chi connectivity index (χ0v) is 12.1. The van der Waals surface area contributed by atoms with Gasteiger partial charge < -0.3 is 19.7 Å². The molecule has 3 atom stereocenters. The number of rotatable bonds is 4. The fourth-order valence-corrected chi connectivity index (χ4v) is 2.38. The van der Waals surface area contributed by atoms with Crippen molar-refractivity contribution in [2.45, 2.75) is 20.0 Å². The summed E-state index contributed by atoms with van der Waals surface area (Å²) >= 11 is 6.11. The quantitative estimate of drug-likeness (QED) is 0.893. The van der Waals surface area contributed by atoms with E-state index in [9.17, 15) is 9.90 Å². The lowest BCUT2D eigenvalue weighted by atomic mass is 9.87. The molecule has 0 saturated carbocycles. The number of ether oxygens (including phenoxy) is 2. The van der Waals surface area contributed by atoms with Crippen molar-refractivity contribution in [2.24, 2.45) is 11.8 Å². The Kier molecular flexibility index (Phi) is 4.40. The zero-order valence-electron chi connectivity index (χ0n) is 11.3. The molecule has 0 saturated heterocycles. The topological polar surface area (TPSA) is 76.0 Å². The van der Waals surface area contributed by atoms with Crippen LogP contribution in [0.15, 0.2) is 12.1 Å². The standard InChI is InChI=1S/C14H17ClO5/c1-7(8(2)14(17)18)12(16)9-5-10(15)13-11(6-9)19-3-4-20-13/h5-8,12,16H,3-4H2,1-2H3,(H,17,18). The Hall–Kier alpha value is -1.46. The maximum atomic E-state index is 11.0. The van der Waals surface area contributed by atoms with Crippen LogP contribution in [0.4, 0.5) is 0 Å². The van der Waals surface area contributed by atoms with Crippen molar-refractivity contribution < 1.29 is 24.5 Å². The predicted molar refractivity (Wildman–Crippen MR) is 73.4 cm³/mol. The molecular weight excluding hydrogens is 284 g/mol. The lowest BCUT2D eigenvalue weighted by molar-refractivity contribution is -0.144. The predicted octanol–water partition coefficient (Wildman–Crippen LogP) is 2.50. The maximum Gasteiger partial charge on any atom is 0.306 e. The fraction of sp³-hybridized carbons (Fsp3) is 0.500. The van der Waals surface area contributed by atoms with Crippen LogP contribution in [-0.4, -0.2) is 29.4 Å². The summed E-state index contributed by atoms with van der Waals surface area (Å²) in [6.07, 6.45) is -0.936. The summed E-state index contributed by atoms with van der Waals surface area (Å²) in [5, 5.41) is 19.7. The molecule has 20 heavy (non-hydrogen) atoms. The number of carbonyl (C=O) groups is 1. The molecule has 1 aliphatic heterocycles. The van der Waals surface area contributed by atoms with E-state index in [1.807, 2.05) is 0 Å². The molecule has 0 radical (unpaired) electrons. The van der Waals surface area contributed by atoms with Gasteiger partial charge in [0.25, 0.3) is 0 Å². The number of fused-ring (bicyclic) bond motifs is 1. The Morgan fingerprint density at radius 3 is 2.60 bits per heavy atom. The van der Waals surface area contributed by atoms with Gasteiger partial charge in [0.05, 0.1) is 17.0 Å². The van der Waals surface area contributed by atoms with Crippen molar-refractivity contribution in [2.75, 3.05) is 13.2 Å². The largest absolute Gasteiger partial charge is 0.486 e. The third-order valence-corrected chi connectivity index (χ3v) is 3.92. The second kappa shape index (κ2) is 5.89. The van der Waals surface area contributed by atoms with E-state index in [1.165, 1.54) is 0 Å². The third kappa shape index (κ3) is 2.83. The van der Waals surface area contributed by atoms with E-state index >= 15 is 0 Å². The van der Waals surface area contributed by atoms with Crippen molar-refractivity contribution in [1.82, 2.24) is 0 Å². The molecule has 1 aliphatic rings. The highest BCUT2D eigenvalue weighted by molar-refractivity contribution is 6.32. The Morgan fingerprint density at radius 2 is 1.95 bits per heavy atom. The molecule has 0 spiro atoms. The zero-order chi connectivity index (χ0) is 14.9. The molecule has 2 rings (SSSR count). The summed E-state index contributed by atoms with van der Waals surface area (Å²) in [6.45, 7) is 4.11. The van der Waals surface area contributed by atoms with Crippen molar-refractivity contribution in [3.8, 4) is 11.5 Å². The molecule has 0 aromatic heterocycles. The number of benzene rings is 1. The van der Waals surface area contributed by atoms with E-state index in [0.29, 0.717) is 35.3 Å². The number of aliphatic carboxylic acids is 1. The van der Waals surface area contributed by atoms with E-state index < -0.39 is 23.9 Å². The van der Waals surface area contributed by atoms with Crippen LogP contribution in [-0.2, 0) is 4.79 Å². The lowest BCUT2D eigenvalue weighted by Crippen LogP contribution is -2.24. The van der Waals surface area contributed by atoms with Crippen molar-refractivity contribution in [1.29, 1.82) is 0 Å². The first-order valence-electron chi connectivity index (χ1n) is 6.41. The highest BCUT2D eigenvalue weighted by Gasteiger charge is 2.29. The molecule has 5 nitrogen and oxygen atoms in total. The molecular formula is C14H17ClO5. The number of carboxylic acid groups (broad SMARTS) is 1. The van der Waals surface area contributed by atoms with Gasteiger partial charge in [0, 0.05) is 0 Å². The minimum Gasteiger partial charge on any atom is -0.486 e. The van der Waals surface area contributed by atoms with Crippen molar-refractivity contribution in [3.63, 3.8) is 0 Å². The number of hydrogen-bond acceptors (Lipinski definition) is 4. The highest BCUT2D eigenvalue weighted by Crippen LogP contribution is 2.41. The van der Waals surface area contributed by atoms with Crippen molar-refractivity contribution >= 4 is 17.6 Å². The van der Waals surface area contributed by atoms with Gasteiger partial charge in [0.2, 0.25) is 0 Å². The molecule has 1 aromatic carbocycles. The summed E-state index contributed by atoms with van der Waals surface area (Å²) in [4.78, 5) is 11.0. The van der Waals surface area contributed by atoms with Crippen LogP contribution in [0.25, 0.3) is 0 Å². The smallest absolute Gasteiger partial charge is 0.306 e. The Morgan fingerprint density at radius 1 is 1.30 bits per heavy atom. The van der Waals surface area contributed by atoms with Crippen LogP contribution in [0.5, 0.6) is 11.5 Å². The Labute approximate surface area is 122 Å². The maximum absolute atomic E-state index is 11.0. The van der Waals surface area contributed by atoms with Gasteiger partial charge in [-0.3, -0.25) is 4.79 Å². The molecule has 0 fully saturated rings. The summed E-state index contributed by atoms with van der Waals surface area (Å²) in [5.74, 6) is -1.12. The molecule has 3 unspecified atom stereocenters. The van der Waals surface area contributed by atoms with E-state index in [4.69, 9.17) is 26.2 Å². The van der Waals surface area contributed by atoms with E-state index in [2.05, 4.69) is 0 Å². The van der Waals surface area contributed by atoms with Gasteiger partial charge in [0.1, 0.15) is 13.2 Å². The first-order valence-corrected chi connectivity index (χ1v) is 6.79. The van der Waals surface area contributed by atoms with Crippen LogP contribution in [0, 0.1) is 11.8 Å². The number of aliphatic hydroxyl groups is 1. The van der Waals surface area contributed by atoms with E-state index in [0.717, 1.165) is 0 Å². The second-order valence-corrected chi connectivity index (χ2v) is 5.36. The van der Waals surface area contributed by atoms with Crippen LogP contribution in [0.2, 0.25) is 5.02 Å². The molecule has 110 valence electrons. The number of carboxylic acids is 1. The average Bonchev–Trinajstić information content (AvgIpc) is 2.44. The summed E-state index contributed by atoms with van der Waals surface area (Å²) < 4.78 is 10.8. The molecule has 1 heterocycles. The van der Waals surface area contributed by atoms with Crippen LogP contribution >= 0.6 is 11.6 Å². The van der Waals surface area contributed by atoms with Gasteiger partial charge in [-0.25, -0.2) is 0 Å². The number of hydrogen-bond donors (Lipinski definition) is 2. The molecule has 0 aliphatic carbocycles. The molecule has 6 heteroatoms. The van der Waals surface area contributed by atoms with Gasteiger partial charge in [-0.05, 0) is 23.6 Å². The van der Waals surface area contributed by atoms with Crippen LogP contribution in [0.3, 0.4) is 0 Å². The molecule has 1 aromatic rings. The first-order chi connectivity index (χ1) is 9.41. The van der Waals surface area contributed by atoms with Gasteiger partial charge in [-0.2, -0.15) is 0 Å². The van der Waals surface area contributed by atoms with Crippen LogP contribution < -0.4 is 9.47 Å². The molecule has 0 bridgehead atoms. The third-order valence-electron chi connectivity index (χ3n) is 3.64. The second-order valence-electron chi connectivity index (χ2n) is 4.96. The molecule has 2 N–H and O–H groups in total. The minimum atomic E-state index is -0.944. The highest BCUT2D eigenvalue weighted by atomic mass is 35.5. The van der Waals surface area contributed by atoms with E-state index in [-0.39, 0.29) is 0 Å². The minimum absolute atomic E-state index is 0.353. The summed E-state index contributed by atoms with van der Waals surface area (Å²) in [5.41, 5.74) is 0.528.